The molecular formula is C40H54IrNO2Si-. The molecule has 0 unspecified atom stereocenters. The van der Waals surface area contributed by atoms with Crippen LogP contribution < -0.4 is 5.19 Å². The summed E-state index contributed by atoms with van der Waals surface area (Å²) in [5.74, 6) is 0.366. The van der Waals surface area contributed by atoms with E-state index in [0.717, 1.165) is 42.3 Å². The number of aliphatic hydroxyl groups is 1. The van der Waals surface area contributed by atoms with Crippen LogP contribution in [0.4, 0.5) is 0 Å². The average Bonchev–Trinajstić information content (AvgIpc) is 2.99. The van der Waals surface area contributed by atoms with E-state index in [4.69, 9.17) is 4.98 Å². The first-order chi connectivity index (χ1) is 20.6. The number of allylic oxidation sites excluding steroid dienone is 2. The van der Waals surface area contributed by atoms with E-state index < -0.39 is 8.07 Å². The van der Waals surface area contributed by atoms with E-state index in [2.05, 4.69) is 101 Å². The third kappa shape index (κ3) is 9.24. The number of nitrogens with zero attached hydrogens (tertiary/aromatic N) is 1. The van der Waals surface area contributed by atoms with Gasteiger partial charge in [0.2, 0.25) is 0 Å². The maximum atomic E-state index is 11.9. The van der Waals surface area contributed by atoms with Gasteiger partial charge >= 0.3 is 0 Å². The normalized spacial score (nSPS) is 12.6. The molecule has 1 aromatic heterocycles. The van der Waals surface area contributed by atoms with Gasteiger partial charge in [0.05, 0.1) is 8.07 Å². The van der Waals surface area contributed by atoms with Crippen molar-refractivity contribution < 1.29 is 30.0 Å². The van der Waals surface area contributed by atoms with Crippen molar-refractivity contribution in [1.82, 2.24) is 4.98 Å². The van der Waals surface area contributed by atoms with Gasteiger partial charge in [-0.2, -0.15) is 0 Å². The zero-order valence-corrected chi connectivity index (χ0v) is 32.8. The van der Waals surface area contributed by atoms with Crippen molar-refractivity contribution in [2.45, 2.75) is 106 Å². The van der Waals surface area contributed by atoms with Crippen LogP contribution in [0.3, 0.4) is 0 Å². The predicted molar refractivity (Wildman–Crippen MR) is 194 cm³/mol. The summed E-state index contributed by atoms with van der Waals surface area (Å²) in [4.78, 5) is 16.6. The SMILES string of the molecule is CC(C)(C)c1cc(-c2nccc3cc([Si](C)(C)C)ccc23)[c-]c2ccccc12.CCC(CC)C(=O)/C=C(\O)C(C)(CC)CC.[Ir]. The number of hydrogen-bond donors (Lipinski definition) is 1. The van der Waals surface area contributed by atoms with E-state index >= 15 is 0 Å². The number of fused-ring (bicyclic) bond motifs is 2. The van der Waals surface area contributed by atoms with E-state index in [0.29, 0.717) is 0 Å². The molecule has 0 aliphatic heterocycles. The molecular weight excluding hydrogens is 747 g/mol. The Kier molecular flexibility index (Phi) is 13.6. The van der Waals surface area contributed by atoms with Gasteiger partial charge in [-0.25, -0.2) is 0 Å². The zero-order chi connectivity index (χ0) is 32.9. The van der Waals surface area contributed by atoms with Gasteiger partial charge in [0.15, 0.2) is 5.78 Å². The Bertz CT molecular complexity index is 1620. The van der Waals surface area contributed by atoms with Crippen molar-refractivity contribution in [3.05, 3.63) is 84.3 Å². The molecule has 1 heterocycles. The molecule has 0 spiro atoms. The Labute approximate surface area is 287 Å². The minimum atomic E-state index is -1.35. The van der Waals surface area contributed by atoms with Crippen molar-refractivity contribution in [2.75, 3.05) is 0 Å². The summed E-state index contributed by atoms with van der Waals surface area (Å²) in [6, 6.07) is 23.5. The average molecular weight is 801 g/mol. The molecule has 5 heteroatoms. The molecule has 0 aliphatic carbocycles. The number of rotatable bonds is 9. The van der Waals surface area contributed by atoms with Crippen molar-refractivity contribution >= 4 is 40.6 Å². The molecule has 45 heavy (non-hydrogen) atoms. The molecule has 245 valence electrons. The van der Waals surface area contributed by atoms with Crippen LogP contribution in [-0.2, 0) is 30.3 Å². The monoisotopic (exact) mass is 801 g/mol. The third-order valence-corrected chi connectivity index (χ3v) is 11.4. The quantitative estimate of drug-likeness (QED) is 0.0794. The van der Waals surface area contributed by atoms with Crippen molar-refractivity contribution in [1.29, 1.82) is 0 Å². The summed E-state index contributed by atoms with van der Waals surface area (Å²) in [7, 11) is -1.35. The number of carbonyl (C=O) groups excluding carboxylic acids is 1. The fourth-order valence-electron chi connectivity index (χ4n) is 5.57. The Hall–Kier alpha value is -2.59. The van der Waals surface area contributed by atoms with Crippen LogP contribution in [0.1, 0.15) is 86.6 Å². The second-order valence-corrected chi connectivity index (χ2v) is 19.5. The number of hydrogen-bond acceptors (Lipinski definition) is 3. The third-order valence-electron chi connectivity index (χ3n) is 9.31. The van der Waals surface area contributed by atoms with E-state index in [1.54, 1.807) is 0 Å². The molecule has 4 rings (SSSR count). The summed E-state index contributed by atoms with van der Waals surface area (Å²) in [6.45, 7) is 24.1. The fraction of sp³-hybridized carbons (Fsp3) is 0.450. The van der Waals surface area contributed by atoms with Crippen molar-refractivity contribution in [3.63, 3.8) is 0 Å². The molecule has 0 bridgehead atoms. The van der Waals surface area contributed by atoms with Crippen LogP contribution in [0, 0.1) is 17.4 Å². The molecule has 3 nitrogen and oxygen atoms in total. The maximum Gasteiger partial charge on any atom is 0.162 e. The minimum Gasteiger partial charge on any atom is -0.512 e. The van der Waals surface area contributed by atoms with Gasteiger partial charge in [0, 0.05) is 49.4 Å². The van der Waals surface area contributed by atoms with Gasteiger partial charge in [-0.15, -0.1) is 29.1 Å². The summed E-state index contributed by atoms with van der Waals surface area (Å²) in [5, 5.41) is 16.4. The first kappa shape index (κ1) is 38.6. The summed E-state index contributed by atoms with van der Waals surface area (Å²) in [5.41, 5.74) is 3.25. The second kappa shape index (κ2) is 15.8. The van der Waals surface area contributed by atoms with Crippen LogP contribution in [0.25, 0.3) is 32.8 Å². The summed E-state index contributed by atoms with van der Waals surface area (Å²) < 4.78 is 0. The smallest absolute Gasteiger partial charge is 0.162 e. The van der Waals surface area contributed by atoms with E-state index in [1.165, 1.54) is 33.0 Å². The second-order valence-electron chi connectivity index (χ2n) is 14.5. The first-order valence-corrected chi connectivity index (χ1v) is 19.9. The number of carbonyl (C=O) groups is 1. The predicted octanol–water partition coefficient (Wildman–Crippen LogP) is 11.0. The number of aliphatic hydroxyl groups excluding tert-OH is 1. The molecule has 0 saturated heterocycles. The summed E-state index contributed by atoms with van der Waals surface area (Å²) >= 11 is 0. The minimum absolute atomic E-state index is 0. The molecule has 0 saturated carbocycles. The van der Waals surface area contributed by atoms with Gasteiger partial charge in [0.1, 0.15) is 5.76 Å². The first-order valence-electron chi connectivity index (χ1n) is 16.4. The number of pyridine rings is 1. The molecule has 1 radical (unpaired) electrons. The van der Waals surface area contributed by atoms with Crippen molar-refractivity contribution in [3.8, 4) is 11.3 Å². The van der Waals surface area contributed by atoms with Gasteiger partial charge < -0.3 is 5.11 Å². The van der Waals surface area contributed by atoms with Crippen molar-refractivity contribution in [2.24, 2.45) is 11.3 Å². The van der Waals surface area contributed by atoms with Crippen LogP contribution in [-0.4, -0.2) is 23.9 Å². The number of benzene rings is 3. The van der Waals surface area contributed by atoms with E-state index in [9.17, 15) is 9.90 Å². The Morgan fingerprint density at radius 2 is 1.53 bits per heavy atom. The van der Waals surface area contributed by atoms with Gasteiger partial charge in [-0.05, 0) is 47.9 Å². The molecule has 4 aromatic rings. The Morgan fingerprint density at radius 1 is 0.911 bits per heavy atom. The van der Waals surface area contributed by atoms with E-state index in [-0.39, 0.29) is 48.4 Å². The molecule has 0 amide bonds. The molecule has 0 aliphatic rings. The molecule has 3 aromatic carbocycles. The molecule has 0 atom stereocenters. The van der Waals surface area contributed by atoms with Crippen LogP contribution in [0.15, 0.2) is 72.6 Å². The zero-order valence-electron chi connectivity index (χ0n) is 29.4. The number of ketones is 1. The standard InChI is InChI=1S/C26H28NSi.C14H26O2.Ir/c1-26(2,3)24-17-20(15-18-9-7-8-10-22(18)24)25-23-12-11-21(28(4,5)6)16-19(23)13-14-27-25;1-6-11(7-2)12(15)10-13(16)14(5,8-3)9-4;/h7-14,16-17H,1-6H3;10-11,16H,6-9H2,1-5H3;/q-1;;/b;13-10-;. The fourth-order valence-corrected chi connectivity index (χ4v) is 6.74. The Morgan fingerprint density at radius 3 is 2.09 bits per heavy atom. The largest absolute Gasteiger partial charge is 0.512 e. The molecule has 1 N–H and O–H groups in total. The number of aromatic nitrogens is 1. The summed E-state index contributed by atoms with van der Waals surface area (Å²) in [6.07, 6.45) is 6.77. The molecule has 0 fully saturated rings. The van der Waals surface area contributed by atoms with Crippen LogP contribution >= 0.6 is 0 Å². The van der Waals surface area contributed by atoms with Crippen LogP contribution in [0.5, 0.6) is 0 Å². The van der Waals surface area contributed by atoms with Gasteiger partial charge in [-0.1, -0.05) is 128 Å². The van der Waals surface area contributed by atoms with Gasteiger partial charge in [0.25, 0.3) is 0 Å². The topological polar surface area (TPSA) is 50.2 Å². The van der Waals surface area contributed by atoms with Gasteiger partial charge in [-0.3, -0.25) is 9.78 Å². The van der Waals surface area contributed by atoms with E-state index in [1.807, 2.05) is 40.8 Å². The van der Waals surface area contributed by atoms with Crippen LogP contribution in [0.2, 0.25) is 19.6 Å². The Balaban J connectivity index is 0.000000359. The maximum absolute atomic E-state index is 11.9.